The van der Waals surface area contributed by atoms with E-state index >= 15 is 0 Å². The van der Waals surface area contributed by atoms with Crippen LogP contribution in [0.3, 0.4) is 0 Å². The molecule has 1 rings (SSSR count). The maximum atomic E-state index is 12.8. The summed E-state index contributed by atoms with van der Waals surface area (Å²) in [6, 6.07) is 0. The Morgan fingerprint density at radius 2 is 0.947 bits per heavy atom. The maximum absolute atomic E-state index is 12.8. The van der Waals surface area contributed by atoms with Crippen LogP contribution in [-0.4, -0.2) is 98.3 Å². The van der Waals surface area contributed by atoms with Gasteiger partial charge >= 0.3 is 19.8 Å². The third-order valence-corrected chi connectivity index (χ3v) is 11.0. The lowest BCUT2D eigenvalue weighted by molar-refractivity contribution is -0.220. The van der Waals surface area contributed by atoms with Crippen LogP contribution in [-0.2, 0) is 32.7 Å². The number of rotatable bonds is 35. The molecule has 0 saturated heterocycles. The van der Waals surface area contributed by atoms with Gasteiger partial charge in [0.2, 0.25) is 0 Å². The van der Waals surface area contributed by atoms with Gasteiger partial charge in [-0.25, -0.2) is 4.57 Å². The van der Waals surface area contributed by atoms with Crippen LogP contribution in [0.15, 0.2) is 36.5 Å². The van der Waals surface area contributed by atoms with Crippen LogP contribution in [0.1, 0.15) is 168 Å². The van der Waals surface area contributed by atoms with Crippen molar-refractivity contribution in [1.82, 2.24) is 0 Å². The fourth-order valence-corrected chi connectivity index (χ4v) is 7.36. The lowest BCUT2D eigenvalue weighted by Gasteiger charge is -2.41. The molecular weight excluding hydrogens is 755 g/mol. The lowest BCUT2D eigenvalue weighted by Crippen LogP contribution is -2.64. The molecule has 0 aromatic heterocycles. The van der Waals surface area contributed by atoms with Crippen molar-refractivity contribution in [3.05, 3.63) is 36.5 Å². The molecule has 0 aliphatic heterocycles. The summed E-state index contributed by atoms with van der Waals surface area (Å²) in [6.45, 7) is 3.23. The van der Waals surface area contributed by atoms with E-state index in [1.165, 1.54) is 64.2 Å². The van der Waals surface area contributed by atoms with E-state index in [1.54, 1.807) is 0 Å². The molecule has 1 aliphatic rings. The molecule has 0 aromatic carbocycles. The Labute approximate surface area is 342 Å². The van der Waals surface area contributed by atoms with Gasteiger partial charge in [0.25, 0.3) is 0 Å². The van der Waals surface area contributed by atoms with Gasteiger partial charge < -0.3 is 39.9 Å². The van der Waals surface area contributed by atoms with E-state index in [9.17, 15) is 44.6 Å². The second-order valence-corrected chi connectivity index (χ2v) is 16.6. The fourth-order valence-electron chi connectivity index (χ4n) is 6.39. The van der Waals surface area contributed by atoms with Crippen molar-refractivity contribution in [2.45, 2.75) is 211 Å². The average molecular weight is 833 g/mol. The summed E-state index contributed by atoms with van der Waals surface area (Å²) in [6.07, 6.45) is 23.5. The quantitative estimate of drug-likeness (QED) is 0.0118. The number of aliphatic hydroxyl groups is 5. The van der Waals surface area contributed by atoms with Crippen LogP contribution in [0, 0.1) is 0 Å². The van der Waals surface area contributed by atoms with E-state index in [-0.39, 0.29) is 12.8 Å². The first-order chi connectivity index (χ1) is 27.4. The first kappa shape index (κ1) is 53.1. The molecule has 0 spiro atoms. The van der Waals surface area contributed by atoms with E-state index in [0.717, 1.165) is 64.2 Å². The molecule has 57 heavy (non-hydrogen) atoms. The first-order valence-corrected chi connectivity index (χ1v) is 23.3. The number of phosphoric acid groups is 1. The summed E-state index contributed by atoms with van der Waals surface area (Å²) in [4.78, 5) is 35.6. The van der Waals surface area contributed by atoms with Crippen molar-refractivity contribution in [2.75, 3.05) is 13.2 Å². The minimum atomic E-state index is -5.12. The number of aliphatic hydroxyl groups excluding tert-OH is 5. The molecule has 8 atom stereocenters. The van der Waals surface area contributed by atoms with E-state index in [4.69, 9.17) is 18.5 Å². The van der Waals surface area contributed by atoms with Gasteiger partial charge in [-0.3, -0.25) is 18.6 Å². The Balaban J connectivity index is 2.52. The van der Waals surface area contributed by atoms with Crippen molar-refractivity contribution in [2.24, 2.45) is 0 Å². The predicted octanol–water partition coefficient (Wildman–Crippen LogP) is 7.83. The van der Waals surface area contributed by atoms with Gasteiger partial charge in [-0.15, -0.1) is 0 Å². The van der Waals surface area contributed by atoms with Crippen molar-refractivity contribution >= 4 is 19.8 Å². The van der Waals surface area contributed by atoms with Gasteiger partial charge in [0.15, 0.2) is 6.10 Å². The minimum Gasteiger partial charge on any atom is -0.462 e. The largest absolute Gasteiger partial charge is 0.472 e. The number of hydrogen-bond acceptors (Lipinski definition) is 12. The molecule has 1 saturated carbocycles. The van der Waals surface area contributed by atoms with Crippen LogP contribution >= 0.6 is 7.82 Å². The van der Waals surface area contributed by atoms with E-state index in [2.05, 4.69) is 50.3 Å². The first-order valence-electron chi connectivity index (χ1n) is 21.8. The molecule has 13 nitrogen and oxygen atoms in total. The number of phosphoric ester groups is 1. The number of unbranched alkanes of at least 4 members (excludes halogenated alkanes) is 18. The van der Waals surface area contributed by atoms with Gasteiger partial charge in [0.1, 0.15) is 43.2 Å². The third-order valence-electron chi connectivity index (χ3n) is 9.98. The molecule has 14 heteroatoms. The molecule has 0 bridgehead atoms. The van der Waals surface area contributed by atoms with Crippen molar-refractivity contribution < 1.29 is 63.1 Å². The van der Waals surface area contributed by atoms with Crippen LogP contribution in [0.2, 0.25) is 0 Å². The zero-order valence-corrected chi connectivity index (χ0v) is 35.8. The number of carbonyl (C=O) groups is 2. The summed E-state index contributed by atoms with van der Waals surface area (Å²) >= 11 is 0. The molecule has 6 N–H and O–H groups in total. The maximum Gasteiger partial charge on any atom is 0.472 e. The summed E-state index contributed by atoms with van der Waals surface area (Å²) < 4.78 is 33.4. The van der Waals surface area contributed by atoms with Crippen LogP contribution in [0.25, 0.3) is 0 Å². The van der Waals surface area contributed by atoms with Crippen molar-refractivity contribution in [3.63, 3.8) is 0 Å². The summed E-state index contributed by atoms with van der Waals surface area (Å²) in [5, 5.41) is 50.0. The third kappa shape index (κ3) is 26.7. The van der Waals surface area contributed by atoms with Crippen molar-refractivity contribution in [3.8, 4) is 0 Å². The summed E-state index contributed by atoms with van der Waals surface area (Å²) in [5.41, 5.74) is 0. The van der Waals surface area contributed by atoms with Crippen LogP contribution in [0.5, 0.6) is 0 Å². The molecular formula is C43H77O13P. The highest BCUT2D eigenvalue weighted by Crippen LogP contribution is 2.47. The second kappa shape index (κ2) is 33.9. The molecule has 0 aromatic rings. The highest BCUT2D eigenvalue weighted by molar-refractivity contribution is 7.47. The molecule has 6 unspecified atom stereocenters. The number of allylic oxidation sites excluding steroid dienone is 6. The van der Waals surface area contributed by atoms with E-state index in [0.29, 0.717) is 12.8 Å². The molecule has 332 valence electrons. The standard InChI is InChI=1S/C43H77O13P/c1-3-5-7-9-11-13-15-17-18-20-22-24-26-28-30-32-37(45)55-35(34-54-57(51,52)56-43-41(49)39(47)38(46)40(48)42(43)50)33-53-36(44)31-29-27-25-23-21-19-16-14-12-10-8-6-4-2/h13,15,17-19,21,35,38-43,46-50H,3-12,14,16,20,22-34H2,1-2H3,(H,51,52)/b15-13+,18-17+,21-19+/t35-,38?,39-,40?,41?,42?,43?/m1/s1. The fraction of sp³-hybridized carbons (Fsp3) is 0.814. The normalized spacial score (nSPS) is 23.0. The Hall–Kier alpha value is -1.93. The summed E-state index contributed by atoms with van der Waals surface area (Å²) in [5.74, 6) is -1.14. The van der Waals surface area contributed by atoms with E-state index < -0.39 is 75.7 Å². The SMILES string of the molecule is CCCCCC/C=C/C=C/CCCCCCCC(=O)O[C@H](COC(=O)CCCCC/C=C/CCCCCCCC)COP(=O)(O)OC1C(O)C(O)C(O)[C@@H](O)C1O. The molecule has 0 heterocycles. The number of esters is 2. The Morgan fingerprint density at radius 3 is 1.47 bits per heavy atom. The highest BCUT2D eigenvalue weighted by atomic mass is 31.2. The highest BCUT2D eigenvalue weighted by Gasteiger charge is 2.51. The monoisotopic (exact) mass is 833 g/mol. The topological polar surface area (TPSA) is 210 Å². The Morgan fingerprint density at radius 1 is 0.544 bits per heavy atom. The zero-order valence-electron chi connectivity index (χ0n) is 34.9. The Bertz CT molecular complexity index is 1150. The molecule has 1 fully saturated rings. The molecule has 1 aliphatic carbocycles. The van der Waals surface area contributed by atoms with Crippen molar-refractivity contribution in [1.29, 1.82) is 0 Å². The van der Waals surface area contributed by atoms with Crippen LogP contribution < -0.4 is 0 Å². The average Bonchev–Trinajstić information content (AvgIpc) is 3.19. The Kier molecular flexibility index (Phi) is 31.5. The van der Waals surface area contributed by atoms with Crippen LogP contribution in [0.4, 0.5) is 0 Å². The van der Waals surface area contributed by atoms with Gasteiger partial charge in [-0.1, -0.05) is 127 Å². The molecule has 0 amide bonds. The summed E-state index contributed by atoms with van der Waals surface area (Å²) in [7, 11) is -5.12. The lowest BCUT2D eigenvalue weighted by atomic mass is 9.85. The number of carbonyl (C=O) groups excluding carboxylic acids is 2. The van der Waals surface area contributed by atoms with Gasteiger partial charge in [-0.05, 0) is 64.2 Å². The number of hydrogen-bond donors (Lipinski definition) is 6. The minimum absolute atomic E-state index is 0.0760. The van der Waals surface area contributed by atoms with E-state index in [1.807, 2.05) is 0 Å². The predicted molar refractivity (Wildman–Crippen MR) is 221 cm³/mol. The second-order valence-electron chi connectivity index (χ2n) is 15.2. The number of ether oxygens (including phenoxy) is 2. The van der Waals surface area contributed by atoms with Gasteiger partial charge in [-0.2, -0.15) is 0 Å². The van der Waals surface area contributed by atoms with Gasteiger partial charge in [0.05, 0.1) is 6.61 Å². The van der Waals surface area contributed by atoms with Gasteiger partial charge in [0, 0.05) is 12.8 Å². The smallest absolute Gasteiger partial charge is 0.462 e. The zero-order chi connectivity index (χ0) is 42.2. The molecule has 0 radical (unpaired) electrons.